The van der Waals surface area contributed by atoms with Crippen molar-refractivity contribution in [3.05, 3.63) is 18.2 Å². The molecule has 1 saturated heterocycles. The molecule has 0 unspecified atom stereocenters. The molecule has 0 spiro atoms. The van der Waals surface area contributed by atoms with Gasteiger partial charge in [0.25, 0.3) is 0 Å². The van der Waals surface area contributed by atoms with Gasteiger partial charge in [-0.25, -0.2) is 0 Å². The van der Waals surface area contributed by atoms with Gasteiger partial charge in [0.2, 0.25) is 5.91 Å². The number of amides is 1. The second kappa shape index (κ2) is 10.3. The molecule has 0 aliphatic carbocycles. The van der Waals surface area contributed by atoms with Crippen LogP contribution < -0.4 is 24.8 Å². The van der Waals surface area contributed by atoms with Crippen molar-refractivity contribution >= 4 is 18.3 Å². The second-order valence-corrected chi connectivity index (χ2v) is 5.76. The first-order valence-electron chi connectivity index (χ1n) is 7.99. The molecule has 2 N–H and O–H groups in total. The second-order valence-electron chi connectivity index (χ2n) is 5.76. The standard InChI is InChI=1S/C17H26N2O4.ClH/c1-12-8-13(4-5-18-12)17(20)19-6-7-23-16-10-14(21-2)9-15(11-16)22-3;/h9-13,18H,4-8H2,1-3H3,(H,19,20);1H/t12-,13-;/m0./s1. The van der Waals surface area contributed by atoms with Gasteiger partial charge in [0, 0.05) is 30.2 Å². The third-order valence-corrected chi connectivity index (χ3v) is 3.99. The Balaban J connectivity index is 0.00000288. The molecule has 1 amide bonds. The highest BCUT2D eigenvalue weighted by Crippen LogP contribution is 2.27. The summed E-state index contributed by atoms with van der Waals surface area (Å²) >= 11 is 0. The first-order valence-corrected chi connectivity index (χ1v) is 7.99. The topological polar surface area (TPSA) is 68.8 Å². The lowest BCUT2D eigenvalue weighted by atomic mass is 9.92. The summed E-state index contributed by atoms with van der Waals surface area (Å²) in [6.07, 6.45) is 1.78. The Kier molecular flexibility index (Phi) is 8.71. The number of hydrogen-bond acceptors (Lipinski definition) is 5. The maximum absolute atomic E-state index is 12.1. The smallest absolute Gasteiger partial charge is 0.223 e. The van der Waals surface area contributed by atoms with Crippen LogP contribution in [0.1, 0.15) is 19.8 Å². The van der Waals surface area contributed by atoms with E-state index in [9.17, 15) is 4.79 Å². The van der Waals surface area contributed by atoms with E-state index < -0.39 is 0 Å². The van der Waals surface area contributed by atoms with E-state index in [1.165, 1.54) is 0 Å². The SMILES string of the molecule is COc1cc(OC)cc(OCCNC(=O)[C@H]2CCN[C@@H](C)C2)c1.Cl. The third-order valence-electron chi connectivity index (χ3n) is 3.99. The number of carbonyl (C=O) groups is 1. The van der Waals surface area contributed by atoms with Crippen molar-refractivity contribution in [2.45, 2.75) is 25.8 Å². The molecule has 1 aliphatic heterocycles. The van der Waals surface area contributed by atoms with Gasteiger partial charge in [0.1, 0.15) is 23.9 Å². The van der Waals surface area contributed by atoms with Gasteiger partial charge in [-0.3, -0.25) is 4.79 Å². The number of ether oxygens (including phenoxy) is 3. The highest BCUT2D eigenvalue weighted by Gasteiger charge is 2.24. The summed E-state index contributed by atoms with van der Waals surface area (Å²) < 4.78 is 16.1. The van der Waals surface area contributed by atoms with Gasteiger partial charge in [-0.2, -0.15) is 0 Å². The van der Waals surface area contributed by atoms with Crippen molar-refractivity contribution in [3.8, 4) is 17.2 Å². The molecule has 0 radical (unpaired) electrons. The molecule has 6 nitrogen and oxygen atoms in total. The van der Waals surface area contributed by atoms with Gasteiger partial charge in [-0.15, -0.1) is 12.4 Å². The van der Waals surface area contributed by atoms with Crippen LogP contribution >= 0.6 is 12.4 Å². The van der Waals surface area contributed by atoms with Crippen LogP contribution in [-0.4, -0.2) is 45.9 Å². The monoisotopic (exact) mass is 358 g/mol. The van der Waals surface area contributed by atoms with Crippen LogP contribution in [0.5, 0.6) is 17.2 Å². The Morgan fingerprint density at radius 3 is 2.42 bits per heavy atom. The molecule has 2 atom stereocenters. The molecule has 136 valence electrons. The third kappa shape index (κ3) is 6.09. The van der Waals surface area contributed by atoms with E-state index in [4.69, 9.17) is 14.2 Å². The minimum absolute atomic E-state index is 0. The summed E-state index contributed by atoms with van der Waals surface area (Å²) in [6, 6.07) is 5.77. The average molecular weight is 359 g/mol. The van der Waals surface area contributed by atoms with Gasteiger partial charge < -0.3 is 24.8 Å². The summed E-state index contributed by atoms with van der Waals surface area (Å²) in [7, 11) is 3.19. The first-order chi connectivity index (χ1) is 11.1. The van der Waals surface area contributed by atoms with E-state index in [2.05, 4.69) is 17.6 Å². The zero-order valence-electron chi connectivity index (χ0n) is 14.5. The van der Waals surface area contributed by atoms with E-state index in [-0.39, 0.29) is 24.2 Å². The molecule has 1 aromatic carbocycles. The molecule has 1 aliphatic rings. The van der Waals surface area contributed by atoms with Crippen molar-refractivity contribution < 1.29 is 19.0 Å². The fourth-order valence-corrected chi connectivity index (χ4v) is 2.72. The van der Waals surface area contributed by atoms with Gasteiger partial charge in [0.15, 0.2) is 0 Å². The number of hydrogen-bond donors (Lipinski definition) is 2. The number of carbonyl (C=O) groups excluding carboxylic acids is 1. The van der Waals surface area contributed by atoms with Crippen LogP contribution in [0, 0.1) is 5.92 Å². The molecule has 0 saturated carbocycles. The number of benzene rings is 1. The fourth-order valence-electron chi connectivity index (χ4n) is 2.72. The van der Waals surface area contributed by atoms with Crippen molar-refractivity contribution in [1.82, 2.24) is 10.6 Å². The van der Waals surface area contributed by atoms with E-state index >= 15 is 0 Å². The maximum atomic E-state index is 12.1. The Bertz CT molecular complexity index is 505. The summed E-state index contributed by atoms with van der Waals surface area (Å²) in [5.41, 5.74) is 0. The molecule has 24 heavy (non-hydrogen) atoms. The van der Waals surface area contributed by atoms with Crippen LogP contribution in [-0.2, 0) is 4.79 Å². The Morgan fingerprint density at radius 1 is 1.21 bits per heavy atom. The van der Waals surface area contributed by atoms with Crippen LogP contribution in [0.4, 0.5) is 0 Å². The van der Waals surface area contributed by atoms with E-state index in [0.717, 1.165) is 19.4 Å². The Morgan fingerprint density at radius 2 is 1.83 bits per heavy atom. The molecule has 1 aromatic rings. The quantitative estimate of drug-likeness (QED) is 0.730. The van der Waals surface area contributed by atoms with Gasteiger partial charge in [-0.1, -0.05) is 0 Å². The number of piperidine rings is 1. The summed E-state index contributed by atoms with van der Waals surface area (Å²) in [4.78, 5) is 12.1. The lowest BCUT2D eigenvalue weighted by molar-refractivity contribution is -0.126. The fraction of sp³-hybridized carbons (Fsp3) is 0.588. The zero-order valence-corrected chi connectivity index (χ0v) is 15.3. The van der Waals surface area contributed by atoms with E-state index in [1.807, 2.05) is 0 Å². The van der Waals surface area contributed by atoms with Gasteiger partial charge in [0.05, 0.1) is 20.8 Å². The summed E-state index contributed by atoms with van der Waals surface area (Å²) in [6.45, 7) is 3.90. The summed E-state index contributed by atoms with van der Waals surface area (Å²) in [5, 5.41) is 6.29. The van der Waals surface area contributed by atoms with E-state index in [0.29, 0.717) is 36.4 Å². The van der Waals surface area contributed by atoms with E-state index in [1.54, 1.807) is 32.4 Å². The van der Waals surface area contributed by atoms with Crippen LogP contribution in [0.3, 0.4) is 0 Å². The normalized spacial score (nSPS) is 19.8. The van der Waals surface area contributed by atoms with Crippen molar-refractivity contribution in [2.24, 2.45) is 5.92 Å². The highest BCUT2D eigenvalue weighted by molar-refractivity contribution is 5.85. The number of nitrogens with one attached hydrogen (secondary N) is 2. The van der Waals surface area contributed by atoms with Crippen molar-refractivity contribution in [2.75, 3.05) is 33.9 Å². The lowest BCUT2D eigenvalue weighted by Gasteiger charge is -2.27. The number of methoxy groups -OCH3 is 2. The minimum atomic E-state index is 0. The van der Waals surface area contributed by atoms with Crippen molar-refractivity contribution in [3.63, 3.8) is 0 Å². The number of rotatable bonds is 7. The predicted molar refractivity (Wildman–Crippen MR) is 95.5 cm³/mol. The number of halogens is 1. The lowest BCUT2D eigenvalue weighted by Crippen LogP contribution is -2.43. The molecular weight excluding hydrogens is 332 g/mol. The van der Waals surface area contributed by atoms with Crippen LogP contribution in [0.2, 0.25) is 0 Å². The maximum Gasteiger partial charge on any atom is 0.223 e. The molecule has 0 aromatic heterocycles. The Labute approximate surface area is 149 Å². The summed E-state index contributed by atoms with van der Waals surface area (Å²) in [5.74, 6) is 2.22. The van der Waals surface area contributed by atoms with Gasteiger partial charge in [-0.05, 0) is 26.3 Å². The van der Waals surface area contributed by atoms with Crippen molar-refractivity contribution in [1.29, 1.82) is 0 Å². The molecule has 7 heteroatoms. The minimum Gasteiger partial charge on any atom is -0.496 e. The first kappa shape index (κ1) is 20.4. The molecule has 1 heterocycles. The Hall–Kier alpha value is -1.66. The average Bonchev–Trinajstić information content (AvgIpc) is 2.58. The molecule has 2 rings (SSSR count). The molecular formula is C17H27ClN2O4. The van der Waals surface area contributed by atoms with Crippen LogP contribution in [0.15, 0.2) is 18.2 Å². The zero-order chi connectivity index (χ0) is 16.7. The molecule has 1 fully saturated rings. The largest absolute Gasteiger partial charge is 0.496 e. The highest BCUT2D eigenvalue weighted by atomic mass is 35.5. The van der Waals surface area contributed by atoms with Crippen LogP contribution in [0.25, 0.3) is 0 Å². The van der Waals surface area contributed by atoms with Gasteiger partial charge >= 0.3 is 0 Å². The predicted octanol–water partition coefficient (Wildman–Crippen LogP) is 2.01. The molecule has 0 bridgehead atoms.